The molecule has 0 unspecified atom stereocenters. The maximum absolute atomic E-state index is 11.1. The maximum Gasteiger partial charge on any atom is 0.248 e. The van der Waals surface area contributed by atoms with Gasteiger partial charge >= 0.3 is 0 Å². The summed E-state index contributed by atoms with van der Waals surface area (Å²) < 4.78 is 5.06. The van der Waals surface area contributed by atoms with E-state index in [9.17, 15) is 9.90 Å². The van der Waals surface area contributed by atoms with Gasteiger partial charge in [0.05, 0.1) is 7.11 Å². The van der Waals surface area contributed by atoms with Crippen molar-refractivity contribution in [2.45, 2.75) is 13.1 Å². The van der Waals surface area contributed by atoms with Crippen molar-refractivity contribution in [3.63, 3.8) is 0 Å². The molecule has 0 heterocycles. The molecule has 0 aliphatic carbocycles. The van der Waals surface area contributed by atoms with E-state index in [-0.39, 0.29) is 5.75 Å². The Morgan fingerprint density at radius 3 is 2.57 bits per heavy atom. The van der Waals surface area contributed by atoms with Crippen LogP contribution in [-0.4, -0.2) is 18.1 Å². The van der Waals surface area contributed by atoms with Crippen LogP contribution in [-0.2, 0) is 13.1 Å². The van der Waals surface area contributed by atoms with E-state index in [0.717, 1.165) is 11.1 Å². The quantitative estimate of drug-likeness (QED) is 0.756. The summed E-state index contributed by atoms with van der Waals surface area (Å²) in [5, 5.41) is 12.8. The van der Waals surface area contributed by atoms with Gasteiger partial charge in [-0.15, -0.1) is 0 Å². The fraction of sp³-hybridized carbons (Fsp3) is 0.188. The van der Waals surface area contributed by atoms with Crippen LogP contribution in [0, 0.1) is 0 Å². The van der Waals surface area contributed by atoms with Gasteiger partial charge in [0.15, 0.2) is 11.5 Å². The van der Waals surface area contributed by atoms with Gasteiger partial charge in [-0.2, -0.15) is 0 Å². The highest BCUT2D eigenvalue weighted by atomic mass is 16.5. The van der Waals surface area contributed by atoms with Gasteiger partial charge in [0.1, 0.15) is 0 Å². The third-order valence-corrected chi connectivity index (χ3v) is 3.11. The van der Waals surface area contributed by atoms with Gasteiger partial charge in [0, 0.05) is 18.7 Å². The number of nitrogens with one attached hydrogen (secondary N) is 1. The predicted molar refractivity (Wildman–Crippen MR) is 80.2 cm³/mol. The van der Waals surface area contributed by atoms with Crippen LogP contribution in [0.4, 0.5) is 0 Å². The van der Waals surface area contributed by atoms with Gasteiger partial charge in [-0.25, -0.2) is 0 Å². The Kier molecular flexibility index (Phi) is 4.79. The number of primary amides is 1. The van der Waals surface area contributed by atoms with Crippen molar-refractivity contribution in [1.82, 2.24) is 5.32 Å². The van der Waals surface area contributed by atoms with Crippen molar-refractivity contribution in [2.24, 2.45) is 5.73 Å². The van der Waals surface area contributed by atoms with Crippen molar-refractivity contribution in [2.75, 3.05) is 7.11 Å². The number of benzene rings is 2. The van der Waals surface area contributed by atoms with Crippen LogP contribution in [0.25, 0.3) is 0 Å². The summed E-state index contributed by atoms with van der Waals surface area (Å²) in [6, 6.07) is 12.4. The number of phenolic OH excluding ortho intramolecular Hbond substituents is 1. The largest absolute Gasteiger partial charge is 0.504 e. The number of carbonyl (C=O) groups excluding carboxylic acids is 1. The molecule has 2 aromatic rings. The molecule has 1 amide bonds. The summed E-state index contributed by atoms with van der Waals surface area (Å²) in [5.74, 6) is 0.139. The number of aromatic hydroxyl groups is 1. The van der Waals surface area contributed by atoms with Gasteiger partial charge in [-0.3, -0.25) is 4.79 Å². The van der Waals surface area contributed by atoms with E-state index in [2.05, 4.69) is 5.32 Å². The van der Waals surface area contributed by atoms with E-state index in [1.807, 2.05) is 12.1 Å². The molecular weight excluding hydrogens is 268 g/mol. The summed E-state index contributed by atoms with van der Waals surface area (Å²) in [7, 11) is 1.52. The highest BCUT2D eigenvalue weighted by Crippen LogP contribution is 2.26. The molecule has 0 saturated heterocycles. The van der Waals surface area contributed by atoms with Crippen molar-refractivity contribution >= 4 is 5.91 Å². The summed E-state index contributed by atoms with van der Waals surface area (Å²) in [6.07, 6.45) is 0. The minimum Gasteiger partial charge on any atom is -0.504 e. The summed E-state index contributed by atoms with van der Waals surface area (Å²) in [5.41, 5.74) is 7.73. The molecule has 21 heavy (non-hydrogen) atoms. The molecule has 0 saturated carbocycles. The molecule has 0 aliphatic heterocycles. The van der Waals surface area contributed by atoms with Gasteiger partial charge in [-0.1, -0.05) is 18.2 Å². The number of rotatable bonds is 6. The Bertz CT molecular complexity index is 641. The van der Waals surface area contributed by atoms with Gasteiger partial charge in [0.25, 0.3) is 0 Å². The average molecular weight is 286 g/mol. The molecule has 2 aromatic carbocycles. The Balaban J connectivity index is 1.95. The van der Waals surface area contributed by atoms with E-state index in [4.69, 9.17) is 10.5 Å². The minimum absolute atomic E-state index is 0.121. The molecule has 2 rings (SSSR count). The van der Waals surface area contributed by atoms with Crippen LogP contribution < -0.4 is 15.8 Å². The topological polar surface area (TPSA) is 84.6 Å². The fourth-order valence-corrected chi connectivity index (χ4v) is 2.02. The van der Waals surface area contributed by atoms with E-state index in [1.165, 1.54) is 7.11 Å². The zero-order valence-corrected chi connectivity index (χ0v) is 11.8. The second-order valence-electron chi connectivity index (χ2n) is 4.67. The maximum atomic E-state index is 11.1. The molecule has 5 nitrogen and oxygen atoms in total. The fourth-order valence-electron chi connectivity index (χ4n) is 2.02. The summed E-state index contributed by atoms with van der Waals surface area (Å²) >= 11 is 0. The number of amides is 1. The third-order valence-electron chi connectivity index (χ3n) is 3.11. The highest BCUT2D eigenvalue weighted by Gasteiger charge is 2.03. The van der Waals surface area contributed by atoms with Crippen LogP contribution in [0.1, 0.15) is 21.5 Å². The first-order valence-electron chi connectivity index (χ1n) is 6.55. The molecule has 0 fully saturated rings. The van der Waals surface area contributed by atoms with Crippen LogP contribution in [0.5, 0.6) is 11.5 Å². The van der Waals surface area contributed by atoms with Crippen molar-refractivity contribution in [1.29, 1.82) is 0 Å². The molecule has 110 valence electrons. The monoisotopic (exact) mass is 286 g/mol. The molecule has 0 aliphatic rings. The number of phenols is 1. The third kappa shape index (κ3) is 3.97. The Labute approximate surface area is 123 Å². The van der Waals surface area contributed by atoms with Crippen LogP contribution >= 0.6 is 0 Å². The van der Waals surface area contributed by atoms with Gasteiger partial charge < -0.3 is 20.9 Å². The molecule has 0 aromatic heterocycles. The second kappa shape index (κ2) is 6.76. The number of hydrogen-bond acceptors (Lipinski definition) is 4. The Morgan fingerprint density at radius 2 is 1.90 bits per heavy atom. The van der Waals surface area contributed by atoms with E-state index in [1.54, 1.807) is 30.3 Å². The number of carbonyl (C=O) groups is 1. The van der Waals surface area contributed by atoms with Crippen molar-refractivity contribution < 1.29 is 14.6 Å². The van der Waals surface area contributed by atoms with Crippen molar-refractivity contribution in [3.05, 3.63) is 59.2 Å². The first kappa shape index (κ1) is 14.9. The number of hydrogen-bond donors (Lipinski definition) is 3. The van der Waals surface area contributed by atoms with E-state index < -0.39 is 5.91 Å². The molecule has 0 bridgehead atoms. The Hall–Kier alpha value is -2.53. The zero-order chi connectivity index (χ0) is 15.2. The lowest BCUT2D eigenvalue weighted by Crippen LogP contribution is -2.15. The second-order valence-corrected chi connectivity index (χ2v) is 4.67. The molecule has 0 atom stereocenters. The minimum atomic E-state index is -0.430. The lowest BCUT2D eigenvalue weighted by molar-refractivity contribution is 0.1000. The highest BCUT2D eigenvalue weighted by molar-refractivity contribution is 5.92. The van der Waals surface area contributed by atoms with Crippen LogP contribution in [0.15, 0.2) is 42.5 Å². The molecule has 0 radical (unpaired) electrons. The summed E-state index contributed by atoms with van der Waals surface area (Å²) in [4.78, 5) is 11.1. The zero-order valence-electron chi connectivity index (χ0n) is 11.8. The normalized spacial score (nSPS) is 10.3. The smallest absolute Gasteiger partial charge is 0.248 e. The van der Waals surface area contributed by atoms with Crippen LogP contribution in [0.3, 0.4) is 0 Å². The lowest BCUT2D eigenvalue weighted by Gasteiger charge is -2.08. The average Bonchev–Trinajstić information content (AvgIpc) is 2.49. The first-order valence-corrected chi connectivity index (χ1v) is 6.55. The van der Waals surface area contributed by atoms with Gasteiger partial charge in [-0.05, 0) is 35.4 Å². The van der Waals surface area contributed by atoms with E-state index in [0.29, 0.717) is 24.4 Å². The van der Waals surface area contributed by atoms with Crippen LogP contribution in [0.2, 0.25) is 0 Å². The first-order chi connectivity index (χ1) is 10.1. The standard InChI is InChI=1S/C16H18N2O3/c1-21-15-8-12(5-6-14(15)19)10-18-9-11-3-2-4-13(7-11)16(17)20/h2-8,18-19H,9-10H2,1H3,(H2,17,20). The summed E-state index contributed by atoms with van der Waals surface area (Å²) in [6.45, 7) is 1.24. The Morgan fingerprint density at radius 1 is 1.19 bits per heavy atom. The SMILES string of the molecule is COc1cc(CNCc2cccc(C(N)=O)c2)ccc1O. The number of methoxy groups -OCH3 is 1. The van der Waals surface area contributed by atoms with Gasteiger partial charge in [0.2, 0.25) is 5.91 Å². The number of ether oxygens (including phenoxy) is 1. The molecule has 0 spiro atoms. The number of nitrogens with two attached hydrogens (primary N) is 1. The molecule has 4 N–H and O–H groups in total. The molecular formula is C16H18N2O3. The predicted octanol–water partition coefficient (Wildman–Crippen LogP) is 1.79. The molecule has 5 heteroatoms. The van der Waals surface area contributed by atoms with E-state index >= 15 is 0 Å². The van der Waals surface area contributed by atoms with Crippen molar-refractivity contribution in [3.8, 4) is 11.5 Å². The lowest BCUT2D eigenvalue weighted by atomic mass is 10.1.